The zero-order valence-electron chi connectivity index (χ0n) is 13.3. The fourth-order valence-corrected chi connectivity index (χ4v) is 5.34. The summed E-state index contributed by atoms with van der Waals surface area (Å²) in [4.78, 5) is 34.4. The van der Waals surface area contributed by atoms with Crippen molar-refractivity contribution in [2.24, 2.45) is 28.3 Å². The Kier molecular flexibility index (Phi) is 5.24. The number of nitrogens with zero attached hydrogens (tertiary/aromatic N) is 1. The number of esters is 2. The van der Waals surface area contributed by atoms with Crippen molar-refractivity contribution in [3.8, 4) is 0 Å². The van der Waals surface area contributed by atoms with Crippen LogP contribution in [0.1, 0.15) is 45.4 Å². The molecule has 0 amide bonds. The van der Waals surface area contributed by atoms with E-state index in [2.05, 4.69) is 4.58 Å². The first kappa shape index (κ1) is 16.7. The van der Waals surface area contributed by atoms with Gasteiger partial charge in [-0.15, -0.1) is 4.91 Å². The lowest BCUT2D eigenvalue weighted by Gasteiger charge is -2.53. The molecule has 128 valence electrons. The molecule has 0 aromatic rings. The van der Waals surface area contributed by atoms with E-state index in [0.717, 1.165) is 37.5 Å². The van der Waals surface area contributed by atoms with E-state index in [9.17, 15) is 14.5 Å². The van der Waals surface area contributed by atoms with Gasteiger partial charge in [-0.3, -0.25) is 9.59 Å². The minimum atomic E-state index is -0.906. The minimum Gasteiger partial charge on any atom is -0.465 e. The molecule has 4 rings (SSSR count). The van der Waals surface area contributed by atoms with Crippen LogP contribution in [0.15, 0.2) is 4.58 Å². The van der Waals surface area contributed by atoms with E-state index in [1.807, 2.05) is 0 Å². The molecular formula is C16H23NO5S. The van der Waals surface area contributed by atoms with Gasteiger partial charge in [-0.1, -0.05) is 0 Å². The summed E-state index contributed by atoms with van der Waals surface area (Å²) in [6, 6.07) is 0. The van der Waals surface area contributed by atoms with E-state index >= 15 is 0 Å². The minimum absolute atomic E-state index is 0.00710. The van der Waals surface area contributed by atoms with Crippen LogP contribution >= 0.6 is 11.9 Å². The molecule has 0 radical (unpaired) electrons. The van der Waals surface area contributed by atoms with Gasteiger partial charge in [0.1, 0.15) is 11.4 Å². The molecule has 1 atom stereocenters. The normalized spacial score (nSPS) is 35.6. The summed E-state index contributed by atoms with van der Waals surface area (Å²) in [7, 11) is 0. The highest BCUT2D eigenvalue weighted by atomic mass is 32.2. The van der Waals surface area contributed by atoms with Crippen LogP contribution in [0.5, 0.6) is 0 Å². The zero-order valence-corrected chi connectivity index (χ0v) is 14.1. The molecular weight excluding hydrogens is 318 g/mol. The Morgan fingerprint density at radius 3 is 2.26 bits per heavy atom. The second-order valence-corrected chi connectivity index (χ2v) is 7.94. The Morgan fingerprint density at radius 2 is 1.74 bits per heavy atom. The van der Waals surface area contributed by atoms with E-state index < -0.39 is 17.2 Å². The molecule has 7 heteroatoms. The summed E-state index contributed by atoms with van der Waals surface area (Å²) in [5.41, 5.74) is 0. The third kappa shape index (κ3) is 3.70. The number of hydrogen-bond acceptors (Lipinski definition) is 7. The van der Waals surface area contributed by atoms with Crippen LogP contribution in [0.4, 0.5) is 0 Å². The van der Waals surface area contributed by atoms with E-state index in [1.54, 1.807) is 6.92 Å². The van der Waals surface area contributed by atoms with Crippen molar-refractivity contribution in [1.82, 2.24) is 0 Å². The van der Waals surface area contributed by atoms with Crippen molar-refractivity contribution < 1.29 is 19.1 Å². The Labute approximate surface area is 140 Å². The number of nitroso groups, excluding NO2 is 1. The fraction of sp³-hybridized carbons (Fsp3) is 0.875. The molecule has 4 fully saturated rings. The van der Waals surface area contributed by atoms with Gasteiger partial charge in [0.2, 0.25) is 0 Å². The summed E-state index contributed by atoms with van der Waals surface area (Å²) in [6.45, 7) is 1.89. The lowest BCUT2D eigenvalue weighted by atomic mass is 9.55. The Morgan fingerprint density at radius 1 is 1.13 bits per heavy atom. The van der Waals surface area contributed by atoms with E-state index in [0.29, 0.717) is 23.8 Å². The average Bonchev–Trinajstić information content (AvgIpc) is 2.50. The van der Waals surface area contributed by atoms with Crippen LogP contribution in [-0.4, -0.2) is 29.9 Å². The molecule has 4 aliphatic rings. The third-order valence-corrected chi connectivity index (χ3v) is 6.18. The number of carbonyl (C=O) groups excluding carboxylic acids is 2. The predicted octanol–water partition coefficient (Wildman–Crippen LogP) is 3.09. The van der Waals surface area contributed by atoms with Gasteiger partial charge in [-0.2, -0.15) is 0 Å². The second-order valence-electron chi connectivity index (χ2n) is 7.01. The van der Waals surface area contributed by atoms with E-state index in [1.165, 1.54) is 6.42 Å². The van der Waals surface area contributed by atoms with Gasteiger partial charge in [-0.05, 0) is 62.7 Å². The van der Waals surface area contributed by atoms with Gasteiger partial charge in [-0.25, -0.2) is 0 Å². The molecule has 0 aliphatic heterocycles. The van der Waals surface area contributed by atoms with E-state index in [-0.39, 0.29) is 19.1 Å². The molecule has 4 aliphatic carbocycles. The smallest absolute Gasteiger partial charge is 0.321 e. The zero-order chi connectivity index (χ0) is 16.4. The molecule has 4 bridgehead atoms. The Balaban J connectivity index is 1.56. The SMILES string of the molecule is CCOC(=O)C(CC(=O)OC1C2CC3CC(C2)CC1C3)SN=O. The molecule has 0 spiro atoms. The average molecular weight is 341 g/mol. The molecule has 0 aromatic heterocycles. The Bertz CT molecular complexity index is 455. The van der Waals surface area contributed by atoms with Crippen molar-refractivity contribution in [2.75, 3.05) is 6.61 Å². The quantitative estimate of drug-likeness (QED) is 0.402. The van der Waals surface area contributed by atoms with Crippen molar-refractivity contribution in [2.45, 2.75) is 56.8 Å². The fourth-order valence-electron chi connectivity index (χ4n) is 4.87. The van der Waals surface area contributed by atoms with Crippen molar-refractivity contribution in [1.29, 1.82) is 0 Å². The van der Waals surface area contributed by atoms with E-state index in [4.69, 9.17) is 9.47 Å². The molecule has 0 heterocycles. The van der Waals surface area contributed by atoms with Gasteiger partial charge >= 0.3 is 11.9 Å². The number of carbonyl (C=O) groups is 2. The maximum Gasteiger partial charge on any atom is 0.321 e. The lowest BCUT2D eigenvalue weighted by molar-refractivity contribution is -0.171. The molecule has 23 heavy (non-hydrogen) atoms. The predicted molar refractivity (Wildman–Crippen MR) is 85.3 cm³/mol. The first-order valence-corrected chi connectivity index (χ1v) is 9.29. The summed E-state index contributed by atoms with van der Waals surface area (Å²) in [6.07, 6.45) is 5.84. The third-order valence-electron chi connectivity index (χ3n) is 5.48. The lowest BCUT2D eigenvalue weighted by Crippen LogP contribution is -2.50. The highest BCUT2D eigenvalue weighted by Gasteiger charge is 2.50. The second kappa shape index (κ2) is 7.20. The van der Waals surface area contributed by atoms with Gasteiger partial charge < -0.3 is 9.47 Å². The maximum atomic E-state index is 12.2. The largest absolute Gasteiger partial charge is 0.465 e. The van der Waals surface area contributed by atoms with Gasteiger partial charge in [0, 0.05) is 16.5 Å². The molecule has 0 N–H and O–H groups in total. The van der Waals surface area contributed by atoms with Crippen molar-refractivity contribution >= 4 is 23.9 Å². The highest BCUT2D eigenvalue weighted by molar-refractivity contribution is 7.99. The summed E-state index contributed by atoms with van der Waals surface area (Å²) in [5, 5.41) is -0.906. The van der Waals surface area contributed by atoms with Crippen LogP contribution in [0.3, 0.4) is 0 Å². The molecule has 6 nitrogen and oxygen atoms in total. The van der Waals surface area contributed by atoms with Crippen molar-refractivity contribution in [3.63, 3.8) is 0 Å². The number of ether oxygens (including phenoxy) is 2. The van der Waals surface area contributed by atoms with Crippen LogP contribution < -0.4 is 0 Å². The highest BCUT2D eigenvalue weighted by Crippen LogP contribution is 2.54. The van der Waals surface area contributed by atoms with Gasteiger partial charge in [0.05, 0.1) is 13.0 Å². The van der Waals surface area contributed by atoms with Crippen LogP contribution in [0.2, 0.25) is 0 Å². The standard InChI is InChI=1S/C16H23NO5S/c1-2-21-16(19)13(23-17-20)8-14(18)22-15-11-4-9-3-10(6-11)7-12(15)5-9/h9-13,15H,2-8H2,1H3. The van der Waals surface area contributed by atoms with Crippen LogP contribution in [-0.2, 0) is 19.1 Å². The molecule has 0 aromatic carbocycles. The van der Waals surface area contributed by atoms with Crippen LogP contribution in [0, 0.1) is 28.6 Å². The summed E-state index contributed by atoms with van der Waals surface area (Å²) < 4.78 is 13.3. The monoisotopic (exact) mass is 341 g/mol. The Hall–Kier alpha value is -1.11. The summed E-state index contributed by atoms with van der Waals surface area (Å²) in [5.74, 6) is 1.58. The topological polar surface area (TPSA) is 82.0 Å². The number of hydrogen-bond donors (Lipinski definition) is 0. The molecule has 4 saturated carbocycles. The van der Waals surface area contributed by atoms with Crippen LogP contribution in [0.25, 0.3) is 0 Å². The van der Waals surface area contributed by atoms with Gasteiger partial charge in [0.15, 0.2) is 0 Å². The first-order valence-electron chi connectivity index (χ1n) is 8.45. The maximum absolute atomic E-state index is 12.2. The number of rotatable bonds is 7. The van der Waals surface area contributed by atoms with Gasteiger partial charge in [0.25, 0.3) is 0 Å². The summed E-state index contributed by atoms with van der Waals surface area (Å²) >= 11 is 0.538. The van der Waals surface area contributed by atoms with Crippen molar-refractivity contribution in [3.05, 3.63) is 4.91 Å². The molecule has 0 saturated heterocycles. The molecule has 1 unspecified atom stereocenters. The first-order chi connectivity index (χ1) is 11.1.